The summed E-state index contributed by atoms with van der Waals surface area (Å²) in [6.45, 7) is 6.73. The van der Waals surface area contributed by atoms with E-state index in [2.05, 4.69) is 47.7 Å². The number of aliphatic imine (C=N–C) groups is 1. The van der Waals surface area contributed by atoms with Crippen LogP contribution >= 0.6 is 0 Å². The number of guanidine groups is 1. The molecule has 0 aliphatic carbocycles. The number of carbonyl (C=O) groups excluding carboxylic acids is 1. The van der Waals surface area contributed by atoms with Crippen molar-refractivity contribution >= 4 is 11.9 Å². The summed E-state index contributed by atoms with van der Waals surface area (Å²) in [7, 11) is 3.48. The van der Waals surface area contributed by atoms with Gasteiger partial charge in [-0.25, -0.2) is 4.99 Å². The van der Waals surface area contributed by atoms with Crippen molar-refractivity contribution in [3.63, 3.8) is 0 Å². The highest BCUT2D eigenvalue weighted by atomic mass is 16.5. The summed E-state index contributed by atoms with van der Waals surface area (Å²) in [4.78, 5) is 17.8. The van der Waals surface area contributed by atoms with E-state index in [1.165, 1.54) is 16.7 Å². The summed E-state index contributed by atoms with van der Waals surface area (Å²) in [5.41, 5.74) is 3.98. The molecule has 1 aliphatic rings. The van der Waals surface area contributed by atoms with Gasteiger partial charge < -0.3 is 20.3 Å². The number of aryl methyl sites for hydroxylation is 2. The number of rotatable bonds is 7. The van der Waals surface area contributed by atoms with Crippen LogP contribution in [0.3, 0.4) is 0 Å². The maximum Gasteiger partial charge on any atom is 0.243 e. The summed E-state index contributed by atoms with van der Waals surface area (Å²) in [6.07, 6.45) is 3.32. The van der Waals surface area contributed by atoms with Gasteiger partial charge in [0.15, 0.2) is 5.96 Å². The summed E-state index contributed by atoms with van der Waals surface area (Å²) >= 11 is 0. The van der Waals surface area contributed by atoms with Crippen LogP contribution in [0.15, 0.2) is 23.2 Å². The molecular formula is C20H32N4O2. The zero-order chi connectivity index (χ0) is 18.9. The van der Waals surface area contributed by atoms with E-state index in [9.17, 15) is 4.79 Å². The van der Waals surface area contributed by atoms with E-state index in [1.54, 1.807) is 19.0 Å². The zero-order valence-corrected chi connectivity index (χ0v) is 16.5. The molecule has 0 saturated carbocycles. The Hall–Kier alpha value is -2.08. The summed E-state index contributed by atoms with van der Waals surface area (Å²) < 4.78 is 5.65. The molecule has 6 nitrogen and oxygen atoms in total. The van der Waals surface area contributed by atoms with Crippen LogP contribution in [0.4, 0.5) is 0 Å². The molecule has 1 unspecified atom stereocenters. The Morgan fingerprint density at radius 2 is 2.00 bits per heavy atom. The number of ether oxygens (including phenoxy) is 1. The lowest BCUT2D eigenvalue weighted by atomic mass is 10.0. The quantitative estimate of drug-likeness (QED) is 0.573. The third-order valence-electron chi connectivity index (χ3n) is 4.70. The molecule has 6 heteroatoms. The second-order valence-corrected chi connectivity index (χ2v) is 7.02. The standard InChI is InChI=1S/C20H32N4O2/c1-15-7-5-8-16(2)18(15)10-11-21-20(23-14-19(25)24(3)4)22-13-17-9-6-12-26-17/h5,7-8,17H,6,9-14H2,1-4H3,(H2,21,22,23). The van der Waals surface area contributed by atoms with Crippen molar-refractivity contribution in [2.45, 2.75) is 39.2 Å². The lowest BCUT2D eigenvalue weighted by Gasteiger charge is -2.17. The average Bonchev–Trinajstić information content (AvgIpc) is 3.12. The number of hydrogen-bond donors (Lipinski definition) is 2. The Bertz CT molecular complexity index is 602. The molecule has 1 saturated heterocycles. The molecule has 1 aliphatic heterocycles. The maximum atomic E-state index is 11.8. The average molecular weight is 361 g/mol. The van der Waals surface area contributed by atoms with Gasteiger partial charge in [0.05, 0.1) is 6.10 Å². The smallest absolute Gasteiger partial charge is 0.243 e. The molecule has 0 aromatic heterocycles. The maximum absolute atomic E-state index is 11.8. The summed E-state index contributed by atoms with van der Waals surface area (Å²) in [5, 5.41) is 6.67. The van der Waals surface area contributed by atoms with Crippen LogP contribution in [-0.4, -0.2) is 63.2 Å². The molecule has 2 N–H and O–H groups in total. The van der Waals surface area contributed by atoms with Crippen LogP contribution in [0.25, 0.3) is 0 Å². The van der Waals surface area contributed by atoms with Gasteiger partial charge >= 0.3 is 0 Å². The molecule has 2 rings (SSSR count). The highest BCUT2D eigenvalue weighted by Gasteiger charge is 2.16. The van der Waals surface area contributed by atoms with E-state index in [0.29, 0.717) is 12.5 Å². The second kappa shape index (κ2) is 10.2. The third-order valence-corrected chi connectivity index (χ3v) is 4.70. The molecule has 1 amide bonds. The SMILES string of the molecule is Cc1cccc(C)c1CCNC(=NCC(=O)N(C)C)NCC1CCCO1. The van der Waals surface area contributed by atoms with Gasteiger partial charge in [-0.15, -0.1) is 0 Å². The van der Waals surface area contributed by atoms with Crippen molar-refractivity contribution in [1.82, 2.24) is 15.5 Å². The molecule has 1 heterocycles. The van der Waals surface area contributed by atoms with Gasteiger partial charge in [-0.2, -0.15) is 0 Å². The van der Waals surface area contributed by atoms with Gasteiger partial charge in [-0.05, 0) is 49.8 Å². The largest absolute Gasteiger partial charge is 0.376 e. The van der Waals surface area contributed by atoms with Crippen LogP contribution in [0.5, 0.6) is 0 Å². The fraction of sp³-hybridized carbons (Fsp3) is 0.600. The Morgan fingerprint density at radius 1 is 1.27 bits per heavy atom. The monoisotopic (exact) mass is 360 g/mol. The molecular weight excluding hydrogens is 328 g/mol. The van der Waals surface area contributed by atoms with E-state index < -0.39 is 0 Å². The Kier molecular flexibility index (Phi) is 7.91. The predicted octanol–water partition coefficient (Wildman–Crippen LogP) is 1.65. The zero-order valence-electron chi connectivity index (χ0n) is 16.5. The number of carbonyl (C=O) groups is 1. The van der Waals surface area contributed by atoms with E-state index >= 15 is 0 Å². The number of benzene rings is 1. The third kappa shape index (κ3) is 6.33. The fourth-order valence-electron chi connectivity index (χ4n) is 3.03. The van der Waals surface area contributed by atoms with Gasteiger partial charge in [-0.3, -0.25) is 4.79 Å². The fourth-order valence-corrected chi connectivity index (χ4v) is 3.03. The number of nitrogens with zero attached hydrogens (tertiary/aromatic N) is 2. The Labute approximate surface area is 157 Å². The molecule has 1 atom stereocenters. The van der Waals surface area contributed by atoms with Crippen LogP contribution in [0.2, 0.25) is 0 Å². The highest BCUT2D eigenvalue weighted by molar-refractivity contribution is 5.84. The molecule has 144 valence electrons. The first kappa shape index (κ1) is 20.2. The van der Waals surface area contributed by atoms with E-state index in [-0.39, 0.29) is 18.6 Å². The van der Waals surface area contributed by atoms with Crippen molar-refractivity contribution in [3.8, 4) is 0 Å². The van der Waals surface area contributed by atoms with Gasteiger partial charge in [0, 0.05) is 33.8 Å². The molecule has 0 spiro atoms. The van der Waals surface area contributed by atoms with E-state index in [0.717, 1.165) is 32.4 Å². The minimum absolute atomic E-state index is 0.0158. The van der Waals surface area contributed by atoms with Crippen molar-refractivity contribution < 1.29 is 9.53 Å². The minimum atomic E-state index is -0.0158. The highest BCUT2D eigenvalue weighted by Crippen LogP contribution is 2.13. The van der Waals surface area contributed by atoms with Crippen LogP contribution in [0, 0.1) is 13.8 Å². The van der Waals surface area contributed by atoms with Crippen LogP contribution in [-0.2, 0) is 16.0 Å². The first-order valence-corrected chi connectivity index (χ1v) is 9.36. The predicted molar refractivity (Wildman–Crippen MR) is 106 cm³/mol. The normalized spacial score (nSPS) is 17.2. The molecule has 26 heavy (non-hydrogen) atoms. The van der Waals surface area contributed by atoms with Crippen molar-refractivity contribution in [2.75, 3.05) is 40.3 Å². The van der Waals surface area contributed by atoms with E-state index in [1.807, 2.05) is 0 Å². The molecule has 1 aromatic rings. The van der Waals surface area contributed by atoms with Crippen molar-refractivity contribution in [3.05, 3.63) is 34.9 Å². The van der Waals surface area contributed by atoms with Crippen molar-refractivity contribution in [1.29, 1.82) is 0 Å². The molecule has 1 fully saturated rings. The molecule has 0 bridgehead atoms. The summed E-state index contributed by atoms with van der Waals surface area (Å²) in [6, 6.07) is 6.37. The number of likely N-dealkylation sites (N-methyl/N-ethyl adjacent to an activating group) is 1. The van der Waals surface area contributed by atoms with E-state index in [4.69, 9.17) is 4.74 Å². The lowest BCUT2D eigenvalue weighted by molar-refractivity contribution is -0.127. The van der Waals surface area contributed by atoms with Gasteiger partial charge in [-0.1, -0.05) is 18.2 Å². The molecule has 1 aromatic carbocycles. The number of amides is 1. The Balaban J connectivity index is 1.91. The lowest BCUT2D eigenvalue weighted by Crippen LogP contribution is -2.42. The van der Waals surface area contributed by atoms with Crippen LogP contribution < -0.4 is 10.6 Å². The van der Waals surface area contributed by atoms with Crippen LogP contribution in [0.1, 0.15) is 29.5 Å². The minimum Gasteiger partial charge on any atom is -0.376 e. The van der Waals surface area contributed by atoms with Gasteiger partial charge in [0.2, 0.25) is 5.91 Å². The first-order valence-electron chi connectivity index (χ1n) is 9.36. The topological polar surface area (TPSA) is 66.0 Å². The number of nitrogens with one attached hydrogen (secondary N) is 2. The second-order valence-electron chi connectivity index (χ2n) is 7.02. The van der Waals surface area contributed by atoms with Gasteiger partial charge in [0.1, 0.15) is 6.54 Å². The number of hydrogen-bond acceptors (Lipinski definition) is 3. The van der Waals surface area contributed by atoms with Crippen molar-refractivity contribution in [2.24, 2.45) is 4.99 Å². The van der Waals surface area contributed by atoms with Gasteiger partial charge in [0.25, 0.3) is 0 Å². The first-order chi connectivity index (χ1) is 12.5. The Morgan fingerprint density at radius 3 is 2.62 bits per heavy atom. The summed E-state index contributed by atoms with van der Waals surface area (Å²) in [5.74, 6) is 0.653. The molecule has 0 radical (unpaired) electrons.